The van der Waals surface area contributed by atoms with Crippen molar-refractivity contribution in [1.82, 2.24) is 0 Å². The molecule has 0 saturated heterocycles. The summed E-state index contributed by atoms with van der Waals surface area (Å²) in [6.45, 7) is 2.18. The molecule has 0 fully saturated rings. The van der Waals surface area contributed by atoms with Crippen LogP contribution < -0.4 is 10.6 Å². The van der Waals surface area contributed by atoms with Gasteiger partial charge in [0, 0.05) is 23.5 Å². The molecule has 1 heterocycles. The third-order valence-corrected chi connectivity index (χ3v) is 3.97. The van der Waals surface area contributed by atoms with Crippen molar-refractivity contribution in [3.63, 3.8) is 0 Å². The minimum Gasteiger partial charge on any atom is -0.384 e. The first-order chi connectivity index (χ1) is 10.9. The molecule has 0 spiro atoms. The van der Waals surface area contributed by atoms with E-state index in [2.05, 4.69) is 10.6 Å². The van der Waals surface area contributed by atoms with Gasteiger partial charge in [-0.2, -0.15) is 13.2 Å². The molecule has 0 aliphatic carbocycles. The van der Waals surface area contributed by atoms with Gasteiger partial charge in [-0.3, -0.25) is 4.79 Å². The number of nitrogens with one attached hydrogen (secondary N) is 2. The summed E-state index contributed by atoms with van der Waals surface area (Å²) in [7, 11) is 0. The van der Waals surface area contributed by atoms with Crippen LogP contribution in [-0.2, 0) is 12.6 Å². The van der Waals surface area contributed by atoms with E-state index in [0.717, 1.165) is 30.3 Å². The van der Waals surface area contributed by atoms with Gasteiger partial charge in [-0.1, -0.05) is 12.1 Å². The van der Waals surface area contributed by atoms with Gasteiger partial charge < -0.3 is 10.6 Å². The van der Waals surface area contributed by atoms with E-state index < -0.39 is 17.6 Å². The largest absolute Gasteiger partial charge is 0.416 e. The lowest BCUT2D eigenvalue weighted by Gasteiger charge is -2.15. The van der Waals surface area contributed by atoms with Crippen molar-refractivity contribution in [1.29, 1.82) is 0 Å². The summed E-state index contributed by atoms with van der Waals surface area (Å²) in [6, 6.07) is 9.03. The summed E-state index contributed by atoms with van der Waals surface area (Å²) >= 11 is 0. The van der Waals surface area contributed by atoms with Crippen LogP contribution in [0.25, 0.3) is 0 Å². The molecule has 1 aliphatic heterocycles. The van der Waals surface area contributed by atoms with Crippen LogP contribution in [0.15, 0.2) is 36.4 Å². The molecule has 23 heavy (non-hydrogen) atoms. The lowest BCUT2D eigenvalue weighted by atomic mass is 10.1. The lowest BCUT2D eigenvalue weighted by molar-refractivity contribution is -0.138. The van der Waals surface area contributed by atoms with Crippen molar-refractivity contribution in [3.05, 3.63) is 58.7 Å². The molecule has 0 radical (unpaired) electrons. The maximum absolute atomic E-state index is 12.9. The van der Waals surface area contributed by atoms with Crippen LogP contribution in [0.5, 0.6) is 0 Å². The first kappa shape index (κ1) is 15.4. The number of fused-ring (bicyclic) bond motifs is 1. The zero-order chi connectivity index (χ0) is 16.6. The first-order valence-electron chi connectivity index (χ1n) is 7.21. The second kappa shape index (κ2) is 5.61. The number of benzene rings is 2. The van der Waals surface area contributed by atoms with E-state index in [0.29, 0.717) is 5.56 Å². The molecule has 2 N–H and O–H groups in total. The average molecular weight is 320 g/mol. The predicted octanol–water partition coefficient (Wildman–Crippen LogP) is 4.23. The van der Waals surface area contributed by atoms with Gasteiger partial charge in [-0.25, -0.2) is 0 Å². The second-order valence-electron chi connectivity index (χ2n) is 5.48. The highest BCUT2D eigenvalue weighted by Crippen LogP contribution is 2.34. The zero-order valence-electron chi connectivity index (χ0n) is 12.4. The zero-order valence-corrected chi connectivity index (χ0v) is 12.4. The Kier molecular flexibility index (Phi) is 3.75. The molecule has 0 aromatic heterocycles. The standard InChI is InChI=1S/C17H15F3N2O/c1-10-13(17(18,19)20)3-2-4-14(10)22-16(23)12-6-5-11-7-8-21-15(11)9-12/h2-6,9,21H,7-8H2,1H3,(H,22,23). The molecule has 1 aliphatic rings. The molecule has 120 valence electrons. The van der Waals surface area contributed by atoms with E-state index in [-0.39, 0.29) is 11.3 Å². The third-order valence-electron chi connectivity index (χ3n) is 3.97. The Morgan fingerprint density at radius 3 is 2.74 bits per heavy atom. The molecule has 2 aromatic carbocycles. The summed E-state index contributed by atoms with van der Waals surface area (Å²) in [5.41, 5.74) is 1.88. The number of rotatable bonds is 2. The molecule has 3 rings (SSSR count). The van der Waals surface area contributed by atoms with Crippen molar-refractivity contribution in [3.8, 4) is 0 Å². The van der Waals surface area contributed by atoms with E-state index in [9.17, 15) is 18.0 Å². The Morgan fingerprint density at radius 1 is 1.22 bits per heavy atom. The van der Waals surface area contributed by atoms with Gasteiger partial charge in [0.2, 0.25) is 0 Å². The number of alkyl halides is 3. The van der Waals surface area contributed by atoms with Gasteiger partial charge in [0.1, 0.15) is 0 Å². The number of hydrogen-bond donors (Lipinski definition) is 2. The molecule has 0 unspecified atom stereocenters. The van der Waals surface area contributed by atoms with Crippen LogP contribution in [0.3, 0.4) is 0 Å². The summed E-state index contributed by atoms with van der Waals surface area (Å²) in [5.74, 6) is -0.427. The Labute approximate surface area is 131 Å². The fourth-order valence-electron chi connectivity index (χ4n) is 2.70. The summed E-state index contributed by atoms with van der Waals surface area (Å²) in [5, 5.41) is 5.73. The van der Waals surface area contributed by atoms with Crippen LogP contribution in [0.4, 0.5) is 24.5 Å². The molecular weight excluding hydrogens is 305 g/mol. The van der Waals surface area contributed by atoms with Crippen LogP contribution in [0, 0.1) is 6.92 Å². The minimum absolute atomic E-state index is 0.00707. The van der Waals surface area contributed by atoms with Crippen LogP contribution >= 0.6 is 0 Å². The number of carbonyl (C=O) groups excluding carboxylic acids is 1. The van der Waals surface area contributed by atoms with Gasteiger partial charge in [0.15, 0.2) is 0 Å². The molecular formula is C17H15F3N2O. The molecule has 2 aromatic rings. The average Bonchev–Trinajstić information content (AvgIpc) is 2.95. The van der Waals surface area contributed by atoms with Gasteiger partial charge in [0.05, 0.1) is 5.56 Å². The first-order valence-corrected chi connectivity index (χ1v) is 7.21. The van der Waals surface area contributed by atoms with Gasteiger partial charge in [-0.15, -0.1) is 0 Å². The second-order valence-corrected chi connectivity index (χ2v) is 5.48. The Morgan fingerprint density at radius 2 is 2.00 bits per heavy atom. The van der Waals surface area contributed by atoms with E-state index in [1.54, 1.807) is 12.1 Å². The van der Waals surface area contributed by atoms with E-state index in [1.165, 1.54) is 19.1 Å². The van der Waals surface area contributed by atoms with Crippen molar-refractivity contribution in [2.24, 2.45) is 0 Å². The summed E-state index contributed by atoms with van der Waals surface area (Å²) in [4.78, 5) is 12.3. The van der Waals surface area contributed by atoms with Gasteiger partial charge in [0.25, 0.3) is 5.91 Å². The monoisotopic (exact) mass is 320 g/mol. The molecule has 1 amide bonds. The summed E-state index contributed by atoms with van der Waals surface area (Å²) in [6.07, 6.45) is -3.54. The van der Waals surface area contributed by atoms with Crippen molar-refractivity contribution >= 4 is 17.3 Å². The predicted molar refractivity (Wildman–Crippen MR) is 82.8 cm³/mol. The third kappa shape index (κ3) is 3.02. The van der Waals surface area contributed by atoms with Gasteiger partial charge in [-0.05, 0) is 48.7 Å². The smallest absolute Gasteiger partial charge is 0.384 e. The lowest BCUT2D eigenvalue weighted by Crippen LogP contribution is -2.15. The van der Waals surface area contributed by atoms with E-state index in [1.807, 2.05) is 6.07 Å². The normalized spacial score (nSPS) is 13.4. The number of amides is 1. The fourth-order valence-corrected chi connectivity index (χ4v) is 2.70. The molecule has 0 bridgehead atoms. The quantitative estimate of drug-likeness (QED) is 0.869. The van der Waals surface area contributed by atoms with Crippen LogP contribution in [-0.4, -0.2) is 12.5 Å². The fraction of sp³-hybridized carbons (Fsp3) is 0.235. The highest BCUT2D eigenvalue weighted by molar-refractivity contribution is 6.05. The Hall–Kier alpha value is -2.50. The highest BCUT2D eigenvalue weighted by Gasteiger charge is 2.33. The number of anilines is 2. The number of hydrogen-bond acceptors (Lipinski definition) is 2. The van der Waals surface area contributed by atoms with Crippen LogP contribution in [0.1, 0.15) is 27.0 Å². The number of carbonyl (C=O) groups is 1. The van der Waals surface area contributed by atoms with E-state index in [4.69, 9.17) is 0 Å². The van der Waals surface area contributed by atoms with Crippen molar-refractivity contribution in [2.45, 2.75) is 19.5 Å². The van der Waals surface area contributed by atoms with Crippen LogP contribution in [0.2, 0.25) is 0 Å². The molecule has 6 heteroatoms. The summed E-state index contributed by atoms with van der Waals surface area (Å²) < 4.78 is 38.8. The van der Waals surface area contributed by atoms with Crippen molar-refractivity contribution < 1.29 is 18.0 Å². The highest BCUT2D eigenvalue weighted by atomic mass is 19.4. The SMILES string of the molecule is Cc1c(NC(=O)c2ccc3c(c2)NCC3)cccc1C(F)(F)F. The Bertz CT molecular complexity index is 769. The minimum atomic E-state index is -4.44. The maximum Gasteiger partial charge on any atom is 0.416 e. The van der Waals surface area contributed by atoms with Crippen molar-refractivity contribution in [2.75, 3.05) is 17.2 Å². The maximum atomic E-state index is 12.9. The molecule has 0 saturated carbocycles. The molecule has 0 atom stereocenters. The number of halogens is 3. The topological polar surface area (TPSA) is 41.1 Å². The molecule has 3 nitrogen and oxygen atoms in total. The Balaban J connectivity index is 1.86. The van der Waals surface area contributed by atoms with E-state index >= 15 is 0 Å². The van der Waals surface area contributed by atoms with Gasteiger partial charge >= 0.3 is 6.18 Å².